The van der Waals surface area contributed by atoms with E-state index in [1.165, 1.54) is 22.6 Å². The first-order chi connectivity index (χ1) is 12.2. The second-order valence-corrected chi connectivity index (χ2v) is 6.66. The van der Waals surface area contributed by atoms with Gasteiger partial charge in [-0.25, -0.2) is 4.39 Å². The van der Waals surface area contributed by atoms with Gasteiger partial charge in [0.2, 0.25) is 0 Å². The average Bonchev–Trinajstić information content (AvgIpc) is 2.67. The second-order valence-electron chi connectivity index (χ2n) is 5.61. The molecule has 2 nitrogen and oxygen atoms in total. The fourth-order valence-corrected chi connectivity index (χ4v) is 3.20. The van der Waals surface area contributed by atoms with Crippen molar-refractivity contribution in [1.82, 2.24) is 5.32 Å². The standard InChI is InChI=1S/C21H18FNOS/c22-19-12-8-16(9-13-19)14-23-21(24)18-10-6-17(7-11-18)15-25-20-4-2-1-3-5-20/h1-13H,14-15H2,(H,23,24). The van der Waals surface area contributed by atoms with Gasteiger partial charge < -0.3 is 5.32 Å². The van der Waals surface area contributed by atoms with Crippen LogP contribution in [-0.4, -0.2) is 5.91 Å². The van der Waals surface area contributed by atoms with E-state index in [1.807, 2.05) is 42.5 Å². The van der Waals surface area contributed by atoms with Gasteiger partial charge in [0.15, 0.2) is 0 Å². The molecule has 0 aromatic heterocycles. The van der Waals surface area contributed by atoms with Crippen LogP contribution in [-0.2, 0) is 12.3 Å². The van der Waals surface area contributed by atoms with E-state index in [9.17, 15) is 9.18 Å². The van der Waals surface area contributed by atoms with E-state index in [0.29, 0.717) is 12.1 Å². The Hall–Kier alpha value is -2.59. The summed E-state index contributed by atoms with van der Waals surface area (Å²) in [6.45, 7) is 0.380. The predicted molar refractivity (Wildman–Crippen MR) is 100 cm³/mol. The van der Waals surface area contributed by atoms with Gasteiger partial charge in [-0.15, -0.1) is 11.8 Å². The monoisotopic (exact) mass is 351 g/mol. The molecule has 0 spiro atoms. The summed E-state index contributed by atoms with van der Waals surface area (Å²) < 4.78 is 12.9. The van der Waals surface area contributed by atoms with Crippen LogP contribution in [0.15, 0.2) is 83.8 Å². The van der Waals surface area contributed by atoms with Crippen LogP contribution in [0, 0.1) is 5.82 Å². The molecule has 0 aliphatic carbocycles. The van der Waals surface area contributed by atoms with Crippen molar-refractivity contribution >= 4 is 17.7 Å². The highest BCUT2D eigenvalue weighted by Gasteiger charge is 2.05. The summed E-state index contributed by atoms with van der Waals surface area (Å²) >= 11 is 1.77. The number of benzene rings is 3. The van der Waals surface area contributed by atoms with E-state index in [2.05, 4.69) is 17.4 Å². The zero-order valence-corrected chi connectivity index (χ0v) is 14.4. The summed E-state index contributed by atoms with van der Waals surface area (Å²) in [6, 6.07) is 24.0. The molecule has 25 heavy (non-hydrogen) atoms. The topological polar surface area (TPSA) is 29.1 Å². The van der Waals surface area contributed by atoms with Crippen molar-refractivity contribution in [3.63, 3.8) is 0 Å². The largest absolute Gasteiger partial charge is 0.348 e. The molecule has 1 amide bonds. The fourth-order valence-electron chi connectivity index (χ4n) is 2.32. The van der Waals surface area contributed by atoms with Crippen molar-refractivity contribution in [2.45, 2.75) is 17.2 Å². The molecule has 0 unspecified atom stereocenters. The van der Waals surface area contributed by atoms with Gasteiger partial charge in [0, 0.05) is 22.8 Å². The highest BCUT2D eigenvalue weighted by atomic mass is 32.2. The van der Waals surface area contributed by atoms with Gasteiger partial charge >= 0.3 is 0 Å². The Bertz CT molecular complexity index is 817. The number of hydrogen-bond donors (Lipinski definition) is 1. The minimum atomic E-state index is -0.279. The van der Waals surface area contributed by atoms with Crippen molar-refractivity contribution in [3.05, 3.63) is 101 Å². The molecule has 0 saturated heterocycles. The summed E-state index contributed by atoms with van der Waals surface area (Å²) in [5.41, 5.74) is 2.66. The third kappa shape index (κ3) is 5.19. The van der Waals surface area contributed by atoms with Gasteiger partial charge in [-0.3, -0.25) is 4.79 Å². The van der Waals surface area contributed by atoms with Crippen LogP contribution in [0.2, 0.25) is 0 Å². The summed E-state index contributed by atoms with van der Waals surface area (Å²) in [7, 11) is 0. The summed E-state index contributed by atoms with van der Waals surface area (Å²) in [6.07, 6.45) is 0. The molecule has 0 fully saturated rings. The second kappa shape index (κ2) is 8.49. The first-order valence-electron chi connectivity index (χ1n) is 8.00. The maximum Gasteiger partial charge on any atom is 0.251 e. The number of thioether (sulfide) groups is 1. The minimum absolute atomic E-state index is 0.133. The molecule has 4 heteroatoms. The molecule has 0 saturated carbocycles. The maximum absolute atomic E-state index is 12.9. The Morgan fingerprint density at radius 2 is 1.48 bits per heavy atom. The molecule has 3 aromatic carbocycles. The number of carbonyl (C=O) groups excluding carboxylic acids is 1. The number of amides is 1. The minimum Gasteiger partial charge on any atom is -0.348 e. The Labute approximate surface area is 151 Å². The van der Waals surface area contributed by atoms with Crippen LogP contribution in [0.5, 0.6) is 0 Å². The maximum atomic E-state index is 12.9. The Morgan fingerprint density at radius 3 is 2.16 bits per heavy atom. The van der Waals surface area contributed by atoms with Gasteiger partial charge in [0.05, 0.1) is 0 Å². The first-order valence-corrected chi connectivity index (χ1v) is 8.99. The summed E-state index contributed by atoms with van der Waals surface area (Å²) in [5.74, 6) is 0.451. The molecule has 3 rings (SSSR count). The lowest BCUT2D eigenvalue weighted by molar-refractivity contribution is 0.0951. The number of hydrogen-bond acceptors (Lipinski definition) is 2. The van der Waals surface area contributed by atoms with Gasteiger partial charge in [0.1, 0.15) is 5.82 Å². The Balaban J connectivity index is 1.52. The van der Waals surface area contributed by atoms with E-state index in [-0.39, 0.29) is 11.7 Å². The quantitative estimate of drug-likeness (QED) is 0.630. The molecule has 0 aliphatic rings. The molecule has 0 bridgehead atoms. The third-order valence-electron chi connectivity index (χ3n) is 3.73. The molecular formula is C21H18FNOS. The number of halogens is 1. The van der Waals surface area contributed by atoms with Gasteiger partial charge in [-0.05, 0) is 47.5 Å². The SMILES string of the molecule is O=C(NCc1ccc(F)cc1)c1ccc(CSc2ccccc2)cc1. The zero-order chi connectivity index (χ0) is 17.5. The lowest BCUT2D eigenvalue weighted by Crippen LogP contribution is -2.22. The highest BCUT2D eigenvalue weighted by Crippen LogP contribution is 2.22. The van der Waals surface area contributed by atoms with E-state index in [1.54, 1.807) is 23.9 Å². The van der Waals surface area contributed by atoms with Crippen LogP contribution < -0.4 is 5.32 Å². The Morgan fingerprint density at radius 1 is 0.840 bits per heavy atom. The average molecular weight is 351 g/mol. The predicted octanol–water partition coefficient (Wildman–Crippen LogP) is 5.05. The molecule has 3 aromatic rings. The van der Waals surface area contributed by atoms with E-state index in [0.717, 1.165) is 11.3 Å². The van der Waals surface area contributed by atoms with Crippen molar-refractivity contribution in [2.75, 3.05) is 0 Å². The molecular weight excluding hydrogens is 333 g/mol. The lowest BCUT2D eigenvalue weighted by Gasteiger charge is -2.07. The highest BCUT2D eigenvalue weighted by molar-refractivity contribution is 7.98. The first kappa shape index (κ1) is 17.2. The van der Waals surface area contributed by atoms with E-state index < -0.39 is 0 Å². The molecule has 1 N–H and O–H groups in total. The van der Waals surface area contributed by atoms with E-state index in [4.69, 9.17) is 0 Å². The Kier molecular flexibility index (Phi) is 5.86. The van der Waals surface area contributed by atoms with Gasteiger partial charge in [-0.2, -0.15) is 0 Å². The van der Waals surface area contributed by atoms with Crippen molar-refractivity contribution < 1.29 is 9.18 Å². The number of rotatable bonds is 6. The summed E-state index contributed by atoms with van der Waals surface area (Å²) in [5, 5.41) is 2.85. The smallest absolute Gasteiger partial charge is 0.251 e. The van der Waals surface area contributed by atoms with Crippen molar-refractivity contribution in [3.8, 4) is 0 Å². The van der Waals surface area contributed by atoms with Crippen molar-refractivity contribution in [2.24, 2.45) is 0 Å². The number of nitrogens with one attached hydrogen (secondary N) is 1. The normalized spacial score (nSPS) is 10.4. The van der Waals surface area contributed by atoms with Crippen LogP contribution >= 0.6 is 11.8 Å². The molecule has 0 atom stereocenters. The molecule has 0 aliphatic heterocycles. The van der Waals surface area contributed by atoms with Crippen LogP contribution in [0.1, 0.15) is 21.5 Å². The molecule has 0 heterocycles. The van der Waals surface area contributed by atoms with Crippen LogP contribution in [0.25, 0.3) is 0 Å². The number of carbonyl (C=O) groups is 1. The fraction of sp³-hybridized carbons (Fsp3) is 0.0952. The van der Waals surface area contributed by atoms with Crippen molar-refractivity contribution in [1.29, 1.82) is 0 Å². The zero-order valence-electron chi connectivity index (χ0n) is 13.6. The van der Waals surface area contributed by atoms with Crippen LogP contribution in [0.3, 0.4) is 0 Å². The van der Waals surface area contributed by atoms with Crippen LogP contribution in [0.4, 0.5) is 4.39 Å². The van der Waals surface area contributed by atoms with Gasteiger partial charge in [-0.1, -0.05) is 42.5 Å². The van der Waals surface area contributed by atoms with Gasteiger partial charge in [0.25, 0.3) is 5.91 Å². The van der Waals surface area contributed by atoms with E-state index >= 15 is 0 Å². The lowest BCUT2D eigenvalue weighted by atomic mass is 10.1. The molecule has 126 valence electrons. The summed E-state index contributed by atoms with van der Waals surface area (Å²) in [4.78, 5) is 13.4. The molecule has 0 radical (unpaired) electrons. The third-order valence-corrected chi connectivity index (χ3v) is 4.81.